The number of nitrogens with zero attached hydrogens (tertiary/aromatic N) is 1. The Bertz CT molecular complexity index is 589. The van der Waals surface area contributed by atoms with Gasteiger partial charge in [0, 0.05) is 19.4 Å². The smallest absolute Gasteiger partial charge is 0.220 e. The SMILES string of the molecule is O=C(CCc1ccco1)NC(CN1CCCC1)c1ccccc1. The fourth-order valence-corrected chi connectivity index (χ4v) is 3.10. The van der Waals surface area contributed by atoms with Crippen molar-refractivity contribution in [2.24, 2.45) is 0 Å². The number of benzene rings is 1. The normalized spacial score (nSPS) is 16.3. The molecule has 1 saturated heterocycles. The molecule has 1 aromatic carbocycles. The first kappa shape index (κ1) is 15.8. The molecule has 0 bridgehead atoms. The number of amides is 1. The molecule has 1 unspecified atom stereocenters. The summed E-state index contributed by atoms with van der Waals surface area (Å²) >= 11 is 0. The maximum Gasteiger partial charge on any atom is 0.220 e. The summed E-state index contributed by atoms with van der Waals surface area (Å²) in [7, 11) is 0. The highest BCUT2D eigenvalue weighted by molar-refractivity contribution is 5.76. The van der Waals surface area contributed by atoms with Crippen LogP contribution in [0.3, 0.4) is 0 Å². The quantitative estimate of drug-likeness (QED) is 0.854. The van der Waals surface area contributed by atoms with Crippen molar-refractivity contribution < 1.29 is 9.21 Å². The third-order valence-corrected chi connectivity index (χ3v) is 4.36. The number of rotatable bonds is 7. The van der Waals surface area contributed by atoms with E-state index in [1.807, 2.05) is 30.3 Å². The minimum Gasteiger partial charge on any atom is -0.469 e. The largest absolute Gasteiger partial charge is 0.469 e. The summed E-state index contributed by atoms with van der Waals surface area (Å²) in [5, 5.41) is 3.20. The Balaban J connectivity index is 1.59. The van der Waals surface area contributed by atoms with Crippen molar-refractivity contribution in [3.63, 3.8) is 0 Å². The van der Waals surface area contributed by atoms with Crippen molar-refractivity contribution in [3.8, 4) is 0 Å². The molecular weight excluding hydrogens is 288 g/mol. The third kappa shape index (κ3) is 4.70. The number of aryl methyl sites for hydroxylation is 1. The molecule has 4 nitrogen and oxygen atoms in total. The second-order valence-corrected chi connectivity index (χ2v) is 6.12. The Hall–Kier alpha value is -2.07. The summed E-state index contributed by atoms with van der Waals surface area (Å²) < 4.78 is 5.29. The fourth-order valence-electron chi connectivity index (χ4n) is 3.10. The minimum atomic E-state index is 0.0541. The molecule has 0 spiro atoms. The predicted octanol–water partition coefficient (Wildman–Crippen LogP) is 3.17. The van der Waals surface area contributed by atoms with E-state index in [0.29, 0.717) is 12.8 Å². The van der Waals surface area contributed by atoms with Gasteiger partial charge in [0.15, 0.2) is 0 Å². The highest BCUT2D eigenvalue weighted by Gasteiger charge is 2.20. The van der Waals surface area contributed by atoms with Crippen LogP contribution in [0.2, 0.25) is 0 Å². The fraction of sp³-hybridized carbons (Fsp3) is 0.421. The van der Waals surface area contributed by atoms with E-state index < -0.39 is 0 Å². The van der Waals surface area contributed by atoms with Gasteiger partial charge in [0.1, 0.15) is 5.76 Å². The standard InChI is InChI=1S/C19H24N2O2/c22-19(11-10-17-9-6-14-23-17)20-18(15-21-12-4-5-13-21)16-7-2-1-3-8-16/h1-3,6-9,14,18H,4-5,10-13,15H2,(H,20,22). The lowest BCUT2D eigenvalue weighted by Gasteiger charge is -2.25. The Labute approximate surface area is 137 Å². The summed E-state index contributed by atoms with van der Waals surface area (Å²) in [6, 6.07) is 14.1. The lowest BCUT2D eigenvalue weighted by atomic mass is 10.1. The molecule has 122 valence electrons. The van der Waals surface area contributed by atoms with Crippen LogP contribution in [-0.2, 0) is 11.2 Å². The van der Waals surface area contributed by atoms with Gasteiger partial charge in [-0.15, -0.1) is 0 Å². The van der Waals surface area contributed by atoms with Gasteiger partial charge in [-0.3, -0.25) is 4.79 Å². The summed E-state index contributed by atoms with van der Waals surface area (Å²) in [4.78, 5) is 14.8. The van der Waals surface area contributed by atoms with E-state index in [0.717, 1.165) is 25.4 Å². The highest BCUT2D eigenvalue weighted by atomic mass is 16.3. The Morgan fingerprint density at radius 1 is 1.13 bits per heavy atom. The van der Waals surface area contributed by atoms with Gasteiger partial charge < -0.3 is 14.6 Å². The molecule has 1 aliphatic heterocycles. The number of hydrogen-bond donors (Lipinski definition) is 1. The molecule has 1 N–H and O–H groups in total. The van der Waals surface area contributed by atoms with E-state index in [1.54, 1.807) is 6.26 Å². The van der Waals surface area contributed by atoms with Crippen molar-refractivity contribution in [2.75, 3.05) is 19.6 Å². The second kappa shape index (κ2) is 7.97. The number of likely N-dealkylation sites (tertiary alicyclic amines) is 1. The lowest BCUT2D eigenvalue weighted by Crippen LogP contribution is -2.37. The van der Waals surface area contributed by atoms with Crippen LogP contribution in [0.4, 0.5) is 0 Å². The molecule has 1 amide bonds. The highest BCUT2D eigenvalue weighted by Crippen LogP contribution is 2.18. The molecule has 1 aliphatic rings. The zero-order chi connectivity index (χ0) is 15.9. The molecule has 0 saturated carbocycles. The molecule has 23 heavy (non-hydrogen) atoms. The van der Waals surface area contributed by atoms with Crippen molar-refractivity contribution >= 4 is 5.91 Å². The van der Waals surface area contributed by atoms with E-state index in [9.17, 15) is 4.79 Å². The molecule has 2 aromatic rings. The van der Waals surface area contributed by atoms with Crippen molar-refractivity contribution in [1.29, 1.82) is 0 Å². The third-order valence-electron chi connectivity index (χ3n) is 4.36. The first-order valence-corrected chi connectivity index (χ1v) is 8.40. The summed E-state index contributed by atoms with van der Waals surface area (Å²) in [5.74, 6) is 0.936. The van der Waals surface area contributed by atoms with Crippen LogP contribution in [0.25, 0.3) is 0 Å². The zero-order valence-corrected chi connectivity index (χ0v) is 13.4. The molecule has 4 heteroatoms. The maximum absolute atomic E-state index is 12.3. The monoisotopic (exact) mass is 312 g/mol. The van der Waals surface area contributed by atoms with Gasteiger partial charge in [0.05, 0.1) is 12.3 Å². The topological polar surface area (TPSA) is 45.5 Å². The molecule has 0 radical (unpaired) electrons. The number of nitrogens with one attached hydrogen (secondary N) is 1. The number of carbonyl (C=O) groups is 1. The van der Waals surface area contributed by atoms with E-state index in [-0.39, 0.29) is 11.9 Å². The molecule has 3 rings (SSSR count). The van der Waals surface area contributed by atoms with Gasteiger partial charge in [-0.05, 0) is 43.6 Å². The van der Waals surface area contributed by atoms with Crippen molar-refractivity contribution in [2.45, 2.75) is 31.7 Å². The van der Waals surface area contributed by atoms with Crippen LogP contribution < -0.4 is 5.32 Å². The van der Waals surface area contributed by atoms with E-state index in [4.69, 9.17) is 4.42 Å². The van der Waals surface area contributed by atoms with Gasteiger partial charge in [-0.1, -0.05) is 30.3 Å². The van der Waals surface area contributed by atoms with Crippen molar-refractivity contribution in [1.82, 2.24) is 10.2 Å². The Morgan fingerprint density at radius 2 is 1.91 bits per heavy atom. The average molecular weight is 312 g/mol. The number of hydrogen-bond acceptors (Lipinski definition) is 3. The lowest BCUT2D eigenvalue weighted by molar-refractivity contribution is -0.122. The molecular formula is C19H24N2O2. The van der Waals surface area contributed by atoms with Crippen molar-refractivity contribution in [3.05, 3.63) is 60.1 Å². The first-order valence-electron chi connectivity index (χ1n) is 8.40. The van der Waals surface area contributed by atoms with E-state index in [1.165, 1.54) is 18.4 Å². The van der Waals surface area contributed by atoms with E-state index in [2.05, 4.69) is 22.3 Å². The molecule has 0 aliphatic carbocycles. The summed E-state index contributed by atoms with van der Waals surface area (Å²) in [6.45, 7) is 3.15. The first-order chi connectivity index (χ1) is 11.3. The van der Waals surface area contributed by atoms with Gasteiger partial charge >= 0.3 is 0 Å². The Kier molecular flexibility index (Phi) is 5.48. The van der Waals surface area contributed by atoms with Gasteiger partial charge in [0.2, 0.25) is 5.91 Å². The predicted molar refractivity (Wildman–Crippen MR) is 90.0 cm³/mol. The molecule has 1 fully saturated rings. The summed E-state index contributed by atoms with van der Waals surface area (Å²) in [6.07, 6.45) is 5.26. The van der Waals surface area contributed by atoms with Crippen LogP contribution in [0.15, 0.2) is 53.1 Å². The summed E-state index contributed by atoms with van der Waals surface area (Å²) in [5.41, 5.74) is 1.17. The van der Waals surface area contributed by atoms with Gasteiger partial charge in [-0.25, -0.2) is 0 Å². The number of furan rings is 1. The van der Waals surface area contributed by atoms with Gasteiger partial charge in [-0.2, -0.15) is 0 Å². The molecule has 1 aromatic heterocycles. The van der Waals surface area contributed by atoms with Crippen LogP contribution in [-0.4, -0.2) is 30.4 Å². The Morgan fingerprint density at radius 3 is 2.61 bits per heavy atom. The zero-order valence-electron chi connectivity index (χ0n) is 13.4. The maximum atomic E-state index is 12.3. The van der Waals surface area contributed by atoms with Crippen LogP contribution in [0.1, 0.15) is 36.6 Å². The molecule has 1 atom stereocenters. The van der Waals surface area contributed by atoms with Crippen LogP contribution >= 0.6 is 0 Å². The second-order valence-electron chi connectivity index (χ2n) is 6.12. The molecule has 2 heterocycles. The van der Waals surface area contributed by atoms with E-state index >= 15 is 0 Å². The van der Waals surface area contributed by atoms with Crippen LogP contribution in [0, 0.1) is 0 Å². The van der Waals surface area contributed by atoms with Crippen LogP contribution in [0.5, 0.6) is 0 Å². The number of carbonyl (C=O) groups excluding carboxylic acids is 1. The average Bonchev–Trinajstić information content (AvgIpc) is 3.27. The minimum absolute atomic E-state index is 0.0541. The van der Waals surface area contributed by atoms with Gasteiger partial charge in [0.25, 0.3) is 0 Å².